The Morgan fingerprint density at radius 1 is 1.29 bits per heavy atom. The van der Waals surface area contributed by atoms with Crippen molar-refractivity contribution in [2.45, 2.75) is 32.6 Å². The van der Waals surface area contributed by atoms with Gasteiger partial charge in [-0.05, 0) is 19.8 Å². The van der Waals surface area contributed by atoms with E-state index in [0.29, 0.717) is 24.6 Å². The minimum absolute atomic E-state index is 0.161. The summed E-state index contributed by atoms with van der Waals surface area (Å²) in [5.41, 5.74) is 1.04. The Bertz CT molecular complexity index is 234. The van der Waals surface area contributed by atoms with Crippen LogP contribution >= 0.6 is 15.9 Å². The molecule has 0 atom stereocenters. The minimum atomic E-state index is -0.783. The minimum Gasteiger partial charge on any atom is -0.481 e. The van der Waals surface area contributed by atoms with Crippen molar-refractivity contribution in [2.75, 3.05) is 5.33 Å². The fourth-order valence-electron chi connectivity index (χ4n) is 0.953. The molecule has 3 nitrogen and oxygen atoms in total. The van der Waals surface area contributed by atoms with Crippen LogP contribution in [0, 0.1) is 0 Å². The number of ketones is 1. The van der Waals surface area contributed by atoms with Crippen LogP contribution in [0.3, 0.4) is 0 Å². The van der Waals surface area contributed by atoms with Gasteiger partial charge in [-0.3, -0.25) is 9.59 Å². The van der Waals surface area contributed by atoms with Crippen LogP contribution in [0.15, 0.2) is 11.6 Å². The first-order valence-corrected chi connectivity index (χ1v) is 5.63. The summed E-state index contributed by atoms with van der Waals surface area (Å²) in [6, 6.07) is 0. The van der Waals surface area contributed by atoms with E-state index in [1.807, 2.05) is 13.0 Å². The lowest BCUT2D eigenvalue weighted by Crippen LogP contribution is -1.97. The van der Waals surface area contributed by atoms with Gasteiger partial charge in [0.25, 0.3) is 0 Å². The standard InChI is InChI=1S/C10H15BrO3/c1-8(5-6-10(13)14)3-2-4-9(12)7-11/h3H,2,4-7H2,1H3,(H,13,14). The van der Waals surface area contributed by atoms with Crippen molar-refractivity contribution < 1.29 is 14.7 Å². The summed E-state index contributed by atoms with van der Waals surface area (Å²) in [5, 5.41) is 8.82. The second-order valence-corrected chi connectivity index (χ2v) is 3.72. The molecule has 0 aliphatic heterocycles. The molecule has 0 bridgehead atoms. The highest BCUT2D eigenvalue weighted by Crippen LogP contribution is 2.06. The van der Waals surface area contributed by atoms with E-state index in [4.69, 9.17) is 5.11 Å². The van der Waals surface area contributed by atoms with Gasteiger partial charge in [0.2, 0.25) is 0 Å². The summed E-state index contributed by atoms with van der Waals surface area (Å²) in [6.45, 7) is 1.89. The third-order valence-corrected chi connectivity index (χ3v) is 2.42. The SMILES string of the molecule is CC(=CCCC(=O)CBr)CCC(=O)O. The molecule has 0 aromatic rings. The highest BCUT2D eigenvalue weighted by atomic mass is 79.9. The van der Waals surface area contributed by atoms with Crippen LogP contribution in [0.4, 0.5) is 0 Å². The van der Waals surface area contributed by atoms with Crippen molar-refractivity contribution in [3.05, 3.63) is 11.6 Å². The van der Waals surface area contributed by atoms with Gasteiger partial charge >= 0.3 is 5.97 Å². The van der Waals surface area contributed by atoms with E-state index in [9.17, 15) is 9.59 Å². The maximum Gasteiger partial charge on any atom is 0.303 e. The number of rotatable bonds is 7. The molecule has 0 amide bonds. The number of carboxylic acids is 1. The Labute approximate surface area is 92.3 Å². The van der Waals surface area contributed by atoms with E-state index in [0.717, 1.165) is 5.57 Å². The number of aliphatic carboxylic acids is 1. The summed E-state index contributed by atoms with van der Waals surface area (Å²) in [4.78, 5) is 21.1. The predicted octanol–water partition coefficient (Wildman–Crippen LogP) is 2.54. The van der Waals surface area contributed by atoms with Crippen molar-refractivity contribution >= 4 is 27.7 Å². The molecule has 0 rings (SSSR count). The number of allylic oxidation sites excluding steroid dienone is 2. The Balaban J connectivity index is 3.66. The summed E-state index contributed by atoms with van der Waals surface area (Å²) in [7, 11) is 0. The van der Waals surface area contributed by atoms with Gasteiger partial charge in [-0.1, -0.05) is 27.6 Å². The molecule has 1 N–H and O–H groups in total. The number of carbonyl (C=O) groups excluding carboxylic acids is 1. The van der Waals surface area contributed by atoms with Gasteiger partial charge in [0.15, 0.2) is 0 Å². The van der Waals surface area contributed by atoms with E-state index in [-0.39, 0.29) is 12.2 Å². The fraction of sp³-hybridized carbons (Fsp3) is 0.600. The van der Waals surface area contributed by atoms with Gasteiger partial charge in [0.1, 0.15) is 5.78 Å². The molecule has 80 valence electrons. The molecule has 0 radical (unpaired) electrons. The van der Waals surface area contributed by atoms with Crippen molar-refractivity contribution in [2.24, 2.45) is 0 Å². The van der Waals surface area contributed by atoms with E-state index in [2.05, 4.69) is 15.9 Å². The number of hydrogen-bond donors (Lipinski definition) is 1. The Kier molecular flexibility index (Phi) is 7.38. The lowest BCUT2D eigenvalue weighted by atomic mass is 10.1. The van der Waals surface area contributed by atoms with E-state index in [1.54, 1.807) is 0 Å². The lowest BCUT2D eigenvalue weighted by molar-refractivity contribution is -0.137. The summed E-state index contributed by atoms with van der Waals surface area (Å²) in [5.74, 6) is -0.610. The van der Waals surface area contributed by atoms with Crippen LogP contribution in [0.5, 0.6) is 0 Å². The molecule has 0 saturated carbocycles. The maximum absolute atomic E-state index is 10.9. The van der Waals surface area contributed by atoms with E-state index < -0.39 is 5.97 Å². The van der Waals surface area contributed by atoms with Crippen molar-refractivity contribution in [1.82, 2.24) is 0 Å². The van der Waals surface area contributed by atoms with Crippen LogP contribution in [-0.4, -0.2) is 22.2 Å². The quantitative estimate of drug-likeness (QED) is 0.567. The first-order chi connectivity index (χ1) is 6.56. The second kappa shape index (κ2) is 7.74. The molecular weight excluding hydrogens is 248 g/mol. The number of Topliss-reactive ketones (excluding diaryl/α,β-unsaturated/α-hetero) is 1. The molecule has 0 unspecified atom stereocenters. The number of carboxylic acid groups (broad SMARTS) is 1. The number of halogens is 1. The van der Waals surface area contributed by atoms with Crippen molar-refractivity contribution in [1.29, 1.82) is 0 Å². The third-order valence-electron chi connectivity index (χ3n) is 1.80. The van der Waals surface area contributed by atoms with Gasteiger partial charge in [0.05, 0.1) is 5.33 Å². The Hall–Kier alpha value is -0.640. The highest BCUT2D eigenvalue weighted by molar-refractivity contribution is 9.09. The Morgan fingerprint density at radius 3 is 2.43 bits per heavy atom. The molecular formula is C10H15BrO3. The number of alkyl halides is 1. The zero-order valence-corrected chi connectivity index (χ0v) is 9.84. The molecule has 14 heavy (non-hydrogen) atoms. The monoisotopic (exact) mass is 262 g/mol. The fourth-order valence-corrected chi connectivity index (χ4v) is 1.23. The topological polar surface area (TPSA) is 54.4 Å². The molecule has 0 aliphatic carbocycles. The zero-order chi connectivity index (χ0) is 11.0. The summed E-state index contributed by atoms with van der Waals surface area (Å²) in [6.07, 6.45) is 3.89. The van der Waals surface area contributed by atoms with Crippen LogP contribution in [0.2, 0.25) is 0 Å². The average Bonchev–Trinajstić information content (AvgIpc) is 2.14. The number of hydrogen-bond acceptors (Lipinski definition) is 2. The third kappa shape index (κ3) is 7.98. The first-order valence-electron chi connectivity index (χ1n) is 4.51. The van der Waals surface area contributed by atoms with Crippen molar-refractivity contribution in [3.8, 4) is 0 Å². The normalized spacial score (nSPS) is 11.4. The highest BCUT2D eigenvalue weighted by Gasteiger charge is 1.99. The van der Waals surface area contributed by atoms with Crippen LogP contribution < -0.4 is 0 Å². The second-order valence-electron chi connectivity index (χ2n) is 3.16. The predicted molar refractivity (Wildman–Crippen MR) is 58.7 cm³/mol. The first kappa shape index (κ1) is 13.4. The van der Waals surface area contributed by atoms with Gasteiger partial charge in [0, 0.05) is 12.8 Å². The maximum atomic E-state index is 10.9. The number of carbonyl (C=O) groups is 2. The van der Waals surface area contributed by atoms with Gasteiger partial charge in [-0.2, -0.15) is 0 Å². The van der Waals surface area contributed by atoms with Crippen LogP contribution in [-0.2, 0) is 9.59 Å². The van der Waals surface area contributed by atoms with Gasteiger partial charge in [-0.15, -0.1) is 0 Å². The molecule has 0 aliphatic rings. The van der Waals surface area contributed by atoms with Gasteiger partial charge < -0.3 is 5.11 Å². The smallest absolute Gasteiger partial charge is 0.303 e. The molecule has 0 fully saturated rings. The average molecular weight is 263 g/mol. The lowest BCUT2D eigenvalue weighted by Gasteiger charge is -1.98. The molecule has 4 heteroatoms. The summed E-state index contributed by atoms with van der Waals surface area (Å²) >= 11 is 3.08. The molecule has 0 spiro atoms. The molecule has 0 aromatic heterocycles. The largest absolute Gasteiger partial charge is 0.481 e. The Morgan fingerprint density at radius 2 is 1.93 bits per heavy atom. The molecule has 0 aromatic carbocycles. The van der Waals surface area contributed by atoms with E-state index >= 15 is 0 Å². The zero-order valence-electron chi connectivity index (χ0n) is 8.25. The van der Waals surface area contributed by atoms with Gasteiger partial charge in [-0.25, -0.2) is 0 Å². The van der Waals surface area contributed by atoms with E-state index in [1.165, 1.54) is 0 Å². The molecule has 0 saturated heterocycles. The van der Waals surface area contributed by atoms with Crippen LogP contribution in [0.1, 0.15) is 32.6 Å². The molecule has 0 heterocycles. The summed E-state index contributed by atoms with van der Waals surface area (Å²) < 4.78 is 0. The van der Waals surface area contributed by atoms with Crippen molar-refractivity contribution in [3.63, 3.8) is 0 Å². The van der Waals surface area contributed by atoms with Crippen LogP contribution in [0.25, 0.3) is 0 Å².